The molecule has 116 valence electrons. The summed E-state index contributed by atoms with van der Waals surface area (Å²) in [6.07, 6.45) is 1.76. The van der Waals surface area contributed by atoms with Crippen LogP contribution in [-0.2, 0) is 10.5 Å². The Balaban J connectivity index is 2.12. The monoisotopic (exact) mass is 319 g/mol. The number of benzene rings is 1. The van der Waals surface area contributed by atoms with Gasteiger partial charge in [0.2, 0.25) is 0 Å². The van der Waals surface area contributed by atoms with Crippen LogP contribution in [0.3, 0.4) is 0 Å². The second-order valence-corrected chi connectivity index (χ2v) is 5.60. The van der Waals surface area contributed by atoms with Gasteiger partial charge in [0, 0.05) is 0 Å². The van der Waals surface area contributed by atoms with E-state index in [1.165, 1.54) is 0 Å². The summed E-state index contributed by atoms with van der Waals surface area (Å²) in [5.74, 6) is 0.200. The number of furan rings is 1. The average molecular weight is 319 g/mol. The summed E-state index contributed by atoms with van der Waals surface area (Å²) >= 11 is 1.60. The molecule has 0 unspecified atom stereocenters. The Morgan fingerprint density at radius 2 is 1.95 bits per heavy atom. The van der Waals surface area contributed by atoms with E-state index in [4.69, 9.17) is 9.52 Å². The van der Waals surface area contributed by atoms with Crippen LogP contribution < -0.4 is 5.32 Å². The minimum Gasteiger partial charge on any atom is -0.481 e. The van der Waals surface area contributed by atoms with Crippen LogP contribution in [0.1, 0.15) is 34.3 Å². The number of thioether (sulfide) groups is 1. The fraction of sp³-hybridized carbons (Fsp3) is 0.250. The summed E-state index contributed by atoms with van der Waals surface area (Å²) < 4.78 is 5.45. The number of rotatable bonds is 7. The minimum atomic E-state index is -0.975. The van der Waals surface area contributed by atoms with E-state index in [0.717, 1.165) is 5.56 Å². The SMILES string of the molecule is CSCc1ccc(C(=O)N[C@H](CC(=O)O)c2ccccc2)o1. The molecular formula is C16H17NO4S. The van der Waals surface area contributed by atoms with Crippen LogP contribution in [0.15, 0.2) is 46.9 Å². The quantitative estimate of drug-likeness (QED) is 0.820. The fourth-order valence-electron chi connectivity index (χ4n) is 2.06. The van der Waals surface area contributed by atoms with Gasteiger partial charge in [-0.05, 0) is 24.0 Å². The highest BCUT2D eigenvalue weighted by Gasteiger charge is 2.20. The molecule has 2 aromatic rings. The summed E-state index contributed by atoms with van der Waals surface area (Å²) in [7, 11) is 0. The maximum Gasteiger partial charge on any atom is 0.305 e. The molecule has 0 aliphatic rings. The zero-order valence-electron chi connectivity index (χ0n) is 12.1. The van der Waals surface area contributed by atoms with Crippen molar-refractivity contribution in [1.82, 2.24) is 5.32 Å². The second-order valence-electron chi connectivity index (χ2n) is 4.73. The molecule has 6 heteroatoms. The number of carbonyl (C=O) groups excluding carboxylic acids is 1. The predicted molar refractivity (Wildman–Crippen MR) is 84.8 cm³/mol. The summed E-state index contributed by atoms with van der Waals surface area (Å²) in [6, 6.07) is 11.8. The summed E-state index contributed by atoms with van der Waals surface area (Å²) in [4.78, 5) is 23.2. The molecule has 0 radical (unpaired) electrons. The molecule has 5 nitrogen and oxygen atoms in total. The molecule has 1 aromatic carbocycles. The molecule has 0 saturated carbocycles. The van der Waals surface area contributed by atoms with Gasteiger partial charge in [-0.3, -0.25) is 9.59 Å². The molecule has 2 rings (SSSR count). The fourth-order valence-corrected chi connectivity index (χ4v) is 2.50. The van der Waals surface area contributed by atoms with Gasteiger partial charge in [0.1, 0.15) is 5.76 Å². The van der Waals surface area contributed by atoms with Crippen LogP contribution in [-0.4, -0.2) is 23.2 Å². The summed E-state index contributed by atoms with van der Waals surface area (Å²) in [5.41, 5.74) is 0.745. The van der Waals surface area contributed by atoms with Gasteiger partial charge in [-0.2, -0.15) is 11.8 Å². The van der Waals surface area contributed by atoms with Crippen molar-refractivity contribution < 1.29 is 19.1 Å². The van der Waals surface area contributed by atoms with Gasteiger partial charge in [0.15, 0.2) is 5.76 Å². The molecule has 0 spiro atoms. The maximum absolute atomic E-state index is 12.2. The number of hydrogen-bond acceptors (Lipinski definition) is 4. The van der Waals surface area contributed by atoms with Crippen molar-refractivity contribution in [3.8, 4) is 0 Å². The zero-order valence-corrected chi connectivity index (χ0v) is 12.9. The Labute approximate surface area is 132 Å². The van der Waals surface area contributed by atoms with Gasteiger partial charge in [-0.15, -0.1) is 0 Å². The molecule has 0 fully saturated rings. The van der Waals surface area contributed by atoms with Crippen LogP contribution in [0.4, 0.5) is 0 Å². The van der Waals surface area contributed by atoms with Crippen molar-refractivity contribution >= 4 is 23.6 Å². The van der Waals surface area contributed by atoms with Crippen molar-refractivity contribution in [3.05, 3.63) is 59.5 Å². The van der Waals surface area contributed by atoms with E-state index in [2.05, 4.69) is 5.32 Å². The highest BCUT2D eigenvalue weighted by molar-refractivity contribution is 7.97. The van der Waals surface area contributed by atoms with Crippen molar-refractivity contribution in [3.63, 3.8) is 0 Å². The first kappa shape index (κ1) is 16.2. The average Bonchev–Trinajstić information content (AvgIpc) is 2.96. The third-order valence-electron chi connectivity index (χ3n) is 3.06. The highest BCUT2D eigenvalue weighted by atomic mass is 32.2. The minimum absolute atomic E-state index is 0.186. The Morgan fingerprint density at radius 1 is 1.23 bits per heavy atom. The Kier molecular flexibility index (Phi) is 5.66. The lowest BCUT2D eigenvalue weighted by molar-refractivity contribution is -0.137. The van der Waals surface area contributed by atoms with Crippen molar-refractivity contribution in [1.29, 1.82) is 0 Å². The number of carboxylic acids is 1. The number of aliphatic carboxylic acids is 1. The number of carbonyl (C=O) groups is 2. The van der Waals surface area contributed by atoms with E-state index in [9.17, 15) is 9.59 Å². The topological polar surface area (TPSA) is 79.5 Å². The van der Waals surface area contributed by atoms with Gasteiger partial charge < -0.3 is 14.8 Å². The van der Waals surface area contributed by atoms with Gasteiger partial charge >= 0.3 is 5.97 Å². The lowest BCUT2D eigenvalue weighted by Crippen LogP contribution is -2.29. The van der Waals surface area contributed by atoms with Crippen molar-refractivity contribution in [2.45, 2.75) is 18.2 Å². The zero-order chi connectivity index (χ0) is 15.9. The maximum atomic E-state index is 12.2. The van der Waals surface area contributed by atoms with E-state index in [-0.39, 0.29) is 12.2 Å². The normalized spacial score (nSPS) is 11.9. The van der Waals surface area contributed by atoms with E-state index in [1.54, 1.807) is 48.2 Å². The Hall–Kier alpha value is -2.21. The lowest BCUT2D eigenvalue weighted by Gasteiger charge is -2.16. The van der Waals surface area contributed by atoms with Crippen LogP contribution in [0.25, 0.3) is 0 Å². The molecule has 1 aromatic heterocycles. The second kappa shape index (κ2) is 7.70. The Morgan fingerprint density at radius 3 is 2.59 bits per heavy atom. The highest BCUT2D eigenvalue weighted by Crippen LogP contribution is 2.19. The number of nitrogens with one attached hydrogen (secondary N) is 1. The molecule has 22 heavy (non-hydrogen) atoms. The molecule has 0 aliphatic heterocycles. The molecular weight excluding hydrogens is 302 g/mol. The van der Waals surface area contributed by atoms with E-state index >= 15 is 0 Å². The van der Waals surface area contributed by atoms with Gasteiger partial charge in [0.05, 0.1) is 18.2 Å². The molecule has 1 atom stereocenters. The number of carboxylic acid groups (broad SMARTS) is 1. The van der Waals surface area contributed by atoms with E-state index in [0.29, 0.717) is 11.5 Å². The first-order chi connectivity index (χ1) is 10.6. The van der Waals surface area contributed by atoms with Crippen molar-refractivity contribution in [2.24, 2.45) is 0 Å². The van der Waals surface area contributed by atoms with E-state index in [1.807, 2.05) is 12.3 Å². The lowest BCUT2D eigenvalue weighted by atomic mass is 10.0. The van der Waals surface area contributed by atoms with Crippen LogP contribution in [0.5, 0.6) is 0 Å². The van der Waals surface area contributed by atoms with E-state index < -0.39 is 17.9 Å². The van der Waals surface area contributed by atoms with Gasteiger partial charge in [-0.25, -0.2) is 0 Å². The largest absolute Gasteiger partial charge is 0.481 e. The molecule has 2 N–H and O–H groups in total. The van der Waals surface area contributed by atoms with Crippen LogP contribution in [0, 0.1) is 0 Å². The van der Waals surface area contributed by atoms with Gasteiger partial charge in [-0.1, -0.05) is 30.3 Å². The van der Waals surface area contributed by atoms with Gasteiger partial charge in [0.25, 0.3) is 5.91 Å². The summed E-state index contributed by atoms with van der Waals surface area (Å²) in [5, 5.41) is 11.7. The van der Waals surface area contributed by atoms with Crippen LogP contribution in [0.2, 0.25) is 0 Å². The molecule has 0 bridgehead atoms. The number of amides is 1. The first-order valence-electron chi connectivity index (χ1n) is 6.75. The predicted octanol–water partition coefficient (Wildman–Crippen LogP) is 3.09. The molecule has 0 saturated heterocycles. The number of hydrogen-bond donors (Lipinski definition) is 2. The summed E-state index contributed by atoms with van der Waals surface area (Å²) in [6.45, 7) is 0. The van der Waals surface area contributed by atoms with Crippen LogP contribution >= 0.6 is 11.8 Å². The third kappa shape index (κ3) is 4.39. The standard InChI is InChI=1S/C16H17NO4S/c1-22-10-12-7-8-14(21-12)16(20)17-13(9-15(18)19)11-5-3-2-4-6-11/h2-8,13H,9-10H2,1H3,(H,17,20)(H,18,19)/t13-/m1/s1. The molecule has 0 aliphatic carbocycles. The smallest absolute Gasteiger partial charge is 0.305 e. The molecule has 1 heterocycles. The first-order valence-corrected chi connectivity index (χ1v) is 8.14. The molecule has 1 amide bonds. The third-order valence-corrected chi connectivity index (χ3v) is 3.63. The van der Waals surface area contributed by atoms with Crippen molar-refractivity contribution in [2.75, 3.05) is 6.26 Å². The Bertz CT molecular complexity index is 639.